The summed E-state index contributed by atoms with van der Waals surface area (Å²) < 4.78 is 6.04. The third kappa shape index (κ3) is 3.19. The molecule has 0 aliphatic carbocycles. The van der Waals surface area contributed by atoms with Crippen molar-refractivity contribution in [1.29, 1.82) is 0 Å². The van der Waals surface area contributed by atoms with Crippen LogP contribution in [0, 0.1) is 0 Å². The lowest BCUT2D eigenvalue weighted by Crippen LogP contribution is -2.05. The second-order valence-electron chi connectivity index (χ2n) is 4.69. The first kappa shape index (κ1) is 14.7. The zero-order chi connectivity index (χ0) is 16.2. The van der Waals surface area contributed by atoms with Gasteiger partial charge in [0.05, 0.1) is 12.3 Å². The molecule has 2 aromatic carbocycles. The fraction of sp³-hybridized carbons (Fsp3) is 0.0625. The summed E-state index contributed by atoms with van der Waals surface area (Å²) in [6.45, 7) is -0.109. The number of rotatable bonds is 4. The minimum absolute atomic E-state index is 0.109. The highest BCUT2D eigenvalue weighted by molar-refractivity contribution is 5.62. The van der Waals surface area contributed by atoms with Gasteiger partial charge in [-0.05, 0) is 17.7 Å². The van der Waals surface area contributed by atoms with Crippen molar-refractivity contribution in [1.82, 2.24) is 14.8 Å². The van der Waals surface area contributed by atoms with E-state index in [1.807, 2.05) is 30.3 Å². The van der Waals surface area contributed by atoms with Crippen molar-refractivity contribution >= 4 is 6.16 Å². The van der Waals surface area contributed by atoms with Crippen molar-refractivity contribution in [3.05, 3.63) is 60.2 Å². The first-order valence-corrected chi connectivity index (χ1v) is 6.81. The molecule has 0 unspecified atom stereocenters. The number of carboxylic acid groups (broad SMARTS) is 1. The van der Waals surface area contributed by atoms with E-state index in [0.29, 0.717) is 17.1 Å². The number of ether oxygens (including phenoxy) is 1. The molecular formula is C16H13N3O4. The molecule has 0 atom stereocenters. The van der Waals surface area contributed by atoms with Crippen molar-refractivity contribution in [2.45, 2.75) is 6.61 Å². The molecule has 7 heteroatoms. The summed E-state index contributed by atoms with van der Waals surface area (Å²) in [5, 5.41) is 22.1. The molecule has 3 aromatic rings. The lowest BCUT2D eigenvalue weighted by Gasteiger charge is -2.06. The topological polar surface area (TPSA) is 97.5 Å². The van der Waals surface area contributed by atoms with Crippen LogP contribution in [0.3, 0.4) is 0 Å². The summed E-state index contributed by atoms with van der Waals surface area (Å²) in [5.41, 5.74) is 2.11. The van der Waals surface area contributed by atoms with E-state index in [2.05, 4.69) is 14.8 Å². The summed E-state index contributed by atoms with van der Waals surface area (Å²) in [6, 6.07) is 16.0. The second kappa shape index (κ2) is 6.29. The number of hydrogen-bond acceptors (Lipinski definition) is 5. The Kier molecular flexibility index (Phi) is 4.03. The first-order chi connectivity index (χ1) is 11.2. The maximum atomic E-state index is 10.7. The van der Waals surface area contributed by atoms with Crippen LogP contribution in [0.15, 0.2) is 54.6 Å². The Morgan fingerprint density at radius 2 is 1.91 bits per heavy atom. The standard InChI is InChI=1S/C16H13N3O4/c20-10-11-5-4-8-13(9-11)19-14(12-6-2-1-3-7-12)17-15(18-19)23-16(21)22/h1-9,20H,10H2,(H,21,22). The van der Waals surface area contributed by atoms with Gasteiger partial charge in [-0.3, -0.25) is 0 Å². The molecule has 23 heavy (non-hydrogen) atoms. The Morgan fingerprint density at radius 3 is 2.61 bits per heavy atom. The number of nitrogens with zero attached hydrogens (tertiary/aromatic N) is 3. The number of carbonyl (C=O) groups is 1. The Morgan fingerprint density at radius 1 is 1.13 bits per heavy atom. The zero-order valence-electron chi connectivity index (χ0n) is 12.0. The van der Waals surface area contributed by atoms with Crippen molar-refractivity contribution < 1.29 is 19.7 Å². The Balaban J connectivity index is 2.13. The molecule has 0 spiro atoms. The van der Waals surface area contributed by atoms with Crippen LogP contribution >= 0.6 is 0 Å². The van der Waals surface area contributed by atoms with Crippen LogP contribution in [0.2, 0.25) is 0 Å². The zero-order valence-corrected chi connectivity index (χ0v) is 12.0. The van der Waals surface area contributed by atoms with Crippen LogP contribution in [-0.4, -0.2) is 31.1 Å². The van der Waals surface area contributed by atoms with Gasteiger partial charge in [-0.1, -0.05) is 42.5 Å². The van der Waals surface area contributed by atoms with E-state index in [0.717, 1.165) is 5.56 Å². The van der Waals surface area contributed by atoms with Gasteiger partial charge in [-0.2, -0.15) is 4.98 Å². The van der Waals surface area contributed by atoms with Gasteiger partial charge in [-0.25, -0.2) is 9.48 Å². The van der Waals surface area contributed by atoms with Crippen molar-refractivity contribution in [2.24, 2.45) is 0 Å². The molecule has 0 aliphatic rings. The molecule has 0 bridgehead atoms. The van der Waals surface area contributed by atoms with Crippen LogP contribution in [-0.2, 0) is 6.61 Å². The SMILES string of the molecule is O=C(O)Oc1nc(-c2ccccc2)n(-c2cccc(CO)c2)n1. The normalized spacial score (nSPS) is 10.5. The quantitative estimate of drug-likeness (QED) is 0.718. The molecule has 1 aromatic heterocycles. The van der Waals surface area contributed by atoms with Gasteiger partial charge in [0, 0.05) is 5.56 Å². The minimum atomic E-state index is -1.48. The summed E-state index contributed by atoms with van der Waals surface area (Å²) in [4.78, 5) is 14.9. The largest absolute Gasteiger partial charge is 0.513 e. The lowest BCUT2D eigenvalue weighted by atomic mass is 10.2. The van der Waals surface area contributed by atoms with E-state index < -0.39 is 6.16 Å². The van der Waals surface area contributed by atoms with Crippen LogP contribution in [0.4, 0.5) is 4.79 Å². The molecule has 3 rings (SSSR count). The predicted octanol–water partition coefficient (Wildman–Crippen LogP) is 2.48. The Bertz CT molecular complexity index is 830. The highest BCUT2D eigenvalue weighted by Gasteiger charge is 2.16. The van der Waals surface area contributed by atoms with Gasteiger partial charge in [-0.15, -0.1) is 5.10 Å². The van der Waals surface area contributed by atoms with Crippen LogP contribution in [0.1, 0.15) is 5.56 Å². The monoisotopic (exact) mass is 311 g/mol. The smallest absolute Gasteiger partial charge is 0.449 e. The van der Waals surface area contributed by atoms with E-state index in [9.17, 15) is 9.90 Å². The Labute approximate surface area is 131 Å². The lowest BCUT2D eigenvalue weighted by molar-refractivity contribution is 0.140. The number of hydrogen-bond donors (Lipinski definition) is 2. The van der Waals surface area contributed by atoms with Gasteiger partial charge >= 0.3 is 12.2 Å². The number of aliphatic hydroxyl groups is 1. The molecule has 0 amide bonds. The molecule has 2 N–H and O–H groups in total. The molecule has 0 radical (unpaired) electrons. The third-order valence-corrected chi connectivity index (χ3v) is 3.14. The van der Waals surface area contributed by atoms with E-state index in [1.165, 1.54) is 4.68 Å². The van der Waals surface area contributed by atoms with Gasteiger partial charge < -0.3 is 14.9 Å². The first-order valence-electron chi connectivity index (χ1n) is 6.81. The highest BCUT2D eigenvalue weighted by atomic mass is 16.7. The summed E-state index contributed by atoms with van der Waals surface area (Å²) in [6.07, 6.45) is -1.48. The fourth-order valence-electron chi connectivity index (χ4n) is 2.16. The van der Waals surface area contributed by atoms with Crippen molar-refractivity contribution in [3.63, 3.8) is 0 Å². The van der Waals surface area contributed by atoms with E-state index in [4.69, 9.17) is 5.11 Å². The third-order valence-electron chi connectivity index (χ3n) is 3.14. The Hall–Kier alpha value is -3.19. The minimum Gasteiger partial charge on any atom is -0.449 e. The highest BCUT2D eigenvalue weighted by Crippen LogP contribution is 2.23. The molecule has 116 valence electrons. The predicted molar refractivity (Wildman–Crippen MR) is 81.4 cm³/mol. The molecule has 0 saturated heterocycles. The average Bonchev–Trinajstić information content (AvgIpc) is 2.99. The van der Waals surface area contributed by atoms with Crippen LogP contribution in [0.5, 0.6) is 6.01 Å². The summed E-state index contributed by atoms with van der Waals surface area (Å²) in [5.74, 6) is 0.442. The molecule has 0 fully saturated rings. The maximum absolute atomic E-state index is 10.7. The van der Waals surface area contributed by atoms with Gasteiger partial charge in [0.1, 0.15) is 0 Å². The van der Waals surface area contributed by atoms with E-state index in [-0.39, 0.29) is 12.6 Å². The molecule has 0 aliphatic heterocycles. The number of benzene rings is 2. The van der Waals surface area contributed by atoms with Gasteiger partial charge in [0.15, 0.2) is 5.82 Å². The molecule has 0 saturated carbocycles. The van der Waals surface area contributed by atoms with Gasteiger partial charge in [0.2, 0.25) is 0 Å². The van der Waals surface area contributed by atoms with Crippen LogP contribution < -0.4 is 4.74 Å². The molecule has 1 heterocycles. The summed E-state index contributed by atoms with van der Waals surface area (Å²) in [7, 11) is 0. The maximum Gasteiger partial charge on any atom is 0.513 e. The van der Waals surface area contributed by atoms with Crippen LogP contribution in [0.25, 0.3) is 17.1 Å². The second-order valence-corrected chi connectivity index (χ2v) is 4.69. The average molecular weight is 311 g/mol. The number of aliphatic hydroxyl groups excluding tert-OH is 1. The van der Waals surface area contributed by atoms with Crippen molar-refractivity contribution in [2.75, 3.05) is 0 Å². The van der Waals surface area contributed by atoms with Crippen molar-refractivity contribution in [3.8, 4) is 23.1 Å². The molecular weight excluding hydrogens is 298 g/mol. The number of aromatic nitrogens is 3. The van der Waals surface area contributed by atoms with E-state index in [1.54, 1.807) is 24.3 Å². The van der Waals surface area contributed by atoms with Gasteiger partial charge in [0.25, 0.3) is 0 Å². The fourth-order valence-corrected chi connectivity index (χ4v) is 2.16. The molecule has 7 nitrogen and oxygen atoms in total. The summed E-state index contributed by atoms with van der Waals surface area (Å²) >= 11 is 0. The van der Waals surface area contributed by atoms with E-state index >= 15 is 0 Å².